The summed E-state index contributed by atoms with van der Waals surface area (Å²) in [6.07, 6.45) is 2.08. The van der Waals surface area contributed by atoms with E-state index < -0.39 is 0 Å². The maximum atomic E-state index is 12.1. The Labute approximate surface area is 131 Å². The third-order valence-electron chi connectivity index (χ3n) is 3.29. The molecule has 0 aromatic heterocycles. The van der Waals surface area contributed by atoms with Crippen LogP contribution in [-0.4, -0.2) is 18.5 Å². The van der Waals surface area contributed by atoms with Crippen molar-refractivity contribution in [2.24, 2.45) is 10.7 Å². The quantitative estimate of drug-likeness (QED) is 0.838. The summed E-state index contributed by atoms with van der Waals surface area (Å²) in [5.41, 5.74) is 9.60. The van der Waals surface area contributed by atoms with Gasteiger partial charge in [-0.3, -0.25) is 9.79 Å². The van der Waals surface area contributed by atoms with Crippen molar-refractivity contribution in [1.29, 1.82) is 0 Å². The van der Waals surface area contributed by atoms with Gasteiger partial charge in [0.15, 0.2) is 5.78 Å². The number of aliphatic imine (C=N–C) groups is 1. The summed E-state index contributed by atoms with van der Waals surface area (Å²) < 4.78 is 0. The van der Waals surface area contributed by atoms with Gasteiger partial charge in [0.2, 0.25) is 0 Å². The molecule has 0 atom stereocenters. The molecule has 0 bridgehead atoms. The third-order valence-corrected chi connectivity index (χ3v) is 3.60. The maximum absolute atomic E-state index is 12.1. The van der Waals surface area contributed by atoms with Crippen LogP contribution in [0.15, 0.2) is 34.5 Å². The van der Waals surface area contributed by atoms with Crippen LogP contribution in [0.1, 0.15) is 44.2 Å². The van der Waals surface area contributed by atoms with Crippen LogP contribution in [0.5, 0.6) is 0 Å². The molecule has 3 nitrogen and oxygen atoms in total. The van der Waals surface area contributed by atoms with Gasteiger partial charge in [-0.1, -0.05) is 37.6 Å². The van der Waals surface area contributed by atoms with E-state index >= 15 is 0 Å². The zero-order chi connectivity index (χ0) is 16.0. The minimum Gasteiger partial charge on any atom is -0.401 e. The van der Waals surface area contributed by atoms with Gasteiger partial charge in [-0.25, -0.2) is 0 Å². The van der Waals surface area contributed by atoms with E-state index in [1.54, 1.807) is 7.05 Å². The average molecular weight is 307 g/mol. The number of allylic oxidation sites excluding steroid dienone is 2. The van der Waals surface area contributed by atoms with E-state index in [2.05, 4.69) is 4.99 Å². The summed E-state index contributed by atoms with van der Waals surface area (Å²) in [5.74, 6) is 0.0565. The molecule has 0 heterocycles. The first-order chi connectivity index (χ1) is 10.0. The van der Waals surface area contributed by atoms with E-state index in [-0.39, 0.29) is 5.78 Å². The summed E-state index contributed by atoms with van der Waals surface area (Å²) in [5, 5.41) is 0.597. The van der Waals surface area contributed by atoms with Crippen LogP contribution in [-0.2, 0) is 4.79 Å². The lowest BCUT2D eigenvalue weighted by atomic mass is 9.88. The molecule has 1 aliphatic rings. The van der Waals surface area contributed by atoms with Crippen LogP contribution in [0.4, 0.5) is 0 Å². The molecule has 2 N–H and O–H groups in total. The van der Waals surface area contributed by atoms with E-state index in [0.717, 1.165) is 24.0 Å². The van der Waals surface area contributed by atoms with Crippen molar-refractivity contribution in [2.45, 2.75) is 40.0 Å². The minimum absolute atomic E-state index is 0.0565. The van der Waals surface area contributed by atoms with Crippen LogP contribution in [0.2, 0.25) is 5.02 Å². The lowest BCUT2D eigenvalue weighted by Crippen LogP contribution is -2.23. The standard InChI is InChI=1S/C15H17ClN2O.C2H6/c1-9-6-7-10(11(16)8-9)15(18-2)14-12(17)4-3-5-13(14)19;1-2/h6-8H,3-5,17H2,1-2H3;1-2H3. The van der Waals surface area contributed by atoms with E-state index in [1.165, 1.54) is 0 Å². The van der Waals surface area contributed by atoms with Crippen molar-refractivity contribution in [1.82, 2.24) is 0 Å². The molecule has 0 radical (unpaired) electrons. The fraction of sp³-hybridized carbons (Fsp3) is 0.412. The molecule has 2 rings (SSSR count). The summed E-state index contributed by atoms with van der Waals surface area (Å²) in [7, 11) is 1.66. The zero-order valence-electron chi connectivity index (χ0n) is 13.2. The molecule has 4 heteroatoms. The SMILES string of the molecule is CC.CN=C(C1=C(N)CCCC1=O)c1ccc(C)cc1Cl. The Hall–Kier alpha value is -1.61. The van der Waals surface area contributed by atoms with Crippen molar-refractivity contribution in [2.75, 3.05) is 7.05 Å². The number of aryl methyl sites for hydroxylation is 1. The van der Waals surface area contributed by atoms with Crippen LogP contribution < -0.4 is 5.73 Å². The molecule has 1 aromatic carbocycles. The highest BCUT2D eigenvalue weighted by molar-refractivity contribution is 6.38. The Kier molecular flexibility index (Phi) is 6.63. The Morgan fingerprint density at radius 1 is 1.29 bits per heavy atom. The van der Waals surface area contributed by atoms with Crippen molar-refractivity contribution >= 4 is 23.1 Å². The molecule has 0 unspecified atom stereocenters. The first-order valence-electron chi connectivity index (χ1n) is 7.30. The highest BCUT2D eigenvalue weighted by Crippen LogP contribution is 2.26. The molecule has 0 amide bonds. The second-order valence-electron chi connectivity index (χ2n) is 4.73. The van der Waals surface area contributed by atoms with Crippen LogP contribution in [0.25, 0.3) is 0 Å². The second kappa shape index (κ2) is 7.99. The Morgan fingerprint density at radius 3 is 2.48 bits per heavy atom. The Balaban J connectivity index is 0.00000106. The van der Waals surface area contributed by atoms with Gasteiger partial charge >= 0.3 is 0 Å². The number of nitrogens with two attached hydrogens (primary N) is 1. The number of benzene rings is 1. The van der Waals surface area contributed by atoms with Gasteiger partial charge < -0.3 is 5.73 Å². The number of carbonyl (C=O) groups excluding carboxylic acids is 1. The number of rotatable bonds is 2. The molecule has 0 saturated heterocycles. The number of carbonyl (C=O) groups is 1. The number of nitrogens with zero attached hydrogens (tertiary/aromatic N) is 1. The van der Waals surface area contributed by atoms with Gasteiger partial charge in [-0.15, -0.1) is 0 Å². The fourth-order valence-electron chi connectivity index (χ4n) is 2.33. The van der Waals surface area contributed by atoms with Gasteiger partial charge in [0.1, 0.15) is 0 Å². The van der Waals surface area contributed by atoms with E-state index in [0.29, 0.717) is 28.4 Å². The lowest BCUT2D eigenvalue weighted by Gasteiger charge is -2.18. The van der Waals surface area contributed by atoms with Crippen LogP contribution >= 0.6 is 11.6 Å². The number of hydrogen-bond donors (Lipinski definition) is 1. The van der Waals surface area contributed by atoms with E-state index in [9.17, 15) is 4.79 Å². The Bertz CT molecular complexity index is 588. The van der Waals surface area contributed by atoms with Crippen molar-refractivity contribution in [3.05, 3.63) is 45.6 Å². The number of ketones is 1. The molecule has 114 valence electrons. The van der Waals surface area contributed by atoms with Gasteiger partial charge in [0.25, 0.3) is 0 Å². The predicted molar refractivity (Wildman–Crippen MR) is 90.1 cm³/mol. The van der Waals surface area contributed by atoms with Gasteiger partial charge in [-0.2, -0.15) is 0 Å². The molecule has 1 aromatic rings. The zero-order valence-corrected chi connectivity index (χ0v) is 13.9. The topological polar surface area (TPSA) is 55.4 Å². The largest absolute Gasteiger partial charge is 0.401 e. The molecule has 0 aliphatic heterocycles. The summed E-state index contributed by atoms with van der Waals surface area (Å²) in [6.45, 7) is 5.97. The molecular weight excluding hydrogens is 284 g/mol. The molecule has 1 aliphatic carbocycles. The lowest BCUT2D eigenvalue weighted by molar-refractivity contribution is -0.115. The number of Topliss-reactive ketones (excluding diaryl/α,β-unsaturated/α-hetero) is 1. The van der Waals surface area contributed by atoms with Crippen LogP contribution in [0.3, 0.4) is 0 Å². The summed E-state index contributed by atoms with van der Waals surface area (Å²) >= 11 is 6.26. The fourth-order valence-corrected chi connectivity index (χ4v) is 2.66. The number of halogens is 1. The third kappa shape index (κ3) is 3.94. The van der Waals surface area contributed by atoms with Gasteiger partial charge in [0.05, 0.1) is 16.3 Å². The monoisotopic (exact) mass is 306 g/mol. The van der Waals surface area contributed by atoms with Crippen molar-refractivity contribution in [3.63, 3.8) is 0 Å². The van der Waals surface area contributed by atoms with E-state index in [4.69, 9.17) is 17.3 Å². The average Bonchev–Trinajstić information content (AvgIpc) is 2.46. The normalized spacial score (nSPS) is 15.7. The van der Waals surface area contributed by atoms with E-state index in [1.807, 2.05) is 39.0 Å². The highest BCUT2D eigenvalue weighted by Gasteiger charge is 2.25. The first kappa shape index (κ1) is 17.4. The molecular formula is C17H23ClN2O. The maximum Gasteiger partial charge on any atom is 0.166 e. The predicted octanol–water partition coefficient (Wildman–Crippen LogP) is 4.06. The highest BCUT2D eigenvalue weighted by atomic mass is 35.5. The minimum atomic E-state index is 0.0565. The van der Waals surface area contributed by atoms with Crippen molar-refractivity contribution in [3.8, 4) is 0 Å². The second-order valence-corrected chi connectivity index (χ2v) is 5.14. The molecule has 21 heavy (non-hydrogen) atoms. The first-order valence-corrected chi connectivity index (χ1v) is 7.68. The summed E-state index contributed by atoms with van der Waals surface area (Å²) in [4.78, 5) is 16.3. The van der Waals surface area contributed by atoms with Crippen LogP contribution in [0, 0.1) is 6.92 Å². The van der Waals surface area contributed by atoms with Crippen molar-refractivity contribution < 1.29 is 4.79 Å². The molecule has 0 saturated carbocycles. The van der Waals surface area contributed by atoms with Gasteiger partial charge in [-0.05, 0) is 31.4 Å². The summed E-state index contributed by atoms with van der Waals surface area (Å²) in [6, 6.07) is 5.71. The smallest absolute Gasteiger partial charge is 0.166 e. The number of hydrogen-bond acceptors (Lipinski definition) is 3. The molecule has 0 spiro atoms. The molecule has 0 fully saturated rings. The van der Waals surface area contributed by atoms with Gasteiger partial charge in [0, 0.05) is 24.7 Å². The Morgan fingerprint density at radius 2 is 1.95 bits per heavy atom.